The van der Waals surface area contributed by atoms with Crippen LogP contribution in [0.1, 0.15) is 12.5 Å². The van der Waals surface area contributed by atoms with Crippen LogP contribution in [-0.2, 0) is 11.2 Å². The van der Waals surface area contributed by atoms with Gasteiger partial charge in [0.2, 0.25) is 5.91 Å². The van der Waals surface area contributed by atoms with Gasteiger partial charge in [0.1, 0.15) is 4.88 Å². The van der Waals surface area contributed by atoms with Crippen molar-refractivity contribution in [2.24, 2.45) is 0 Å². The van der Waals surface area contributed by atoms with Crippen molar-refractivity contribution in [1.29, 1.82) is 0 Å². The number of aromatic nitrogens is 2. The lowest BCUT2D eigenvalue weighted by Crippen LogP contribution is -2.36. The third-order valence-electron chi connectivity index (χ3n) is 4.93. The molecule has 8 heteroatoms. The number of benzene rings is 2. The van der Waals surface area contributed by atoms with Crippen LogP contribution in [0.15, 0.2) is 58.2 Å². The average Bonchev–Trinajstić information content (AvgIpc) is 3.41. The van der Waals surface area contributed by atoms with Gasteiger partial charge in [-0.3, -0.25) is 4.79 Å². The zero-order valence-electron chi connectivity index (χ0n) is 15.5. The molecule has 4 aromatic rings. The van der Waals surface area contributed by atoms with Crippen LogP contribution in [0.3, 0.4) is 0 Å². The van der Waals surface area contributed by atoms with Crippen molar-refractivity contribution in [2.75, 3.05) is 10.7 Å². The van der Waals surface area contributed by atoms with Gasteiger partial charge in [0.25, 0.3) is 11.1 Å². The molecule has 0 spiro atoms. The van der Waals surface area contributed by atoms with Crippen LogP contribution < -0.4 is 4.90 Å². The van der Waals surface area contributed by atoms with Gasteiger partial charge in [-0.05, 0) is 31.0 Å². The van der Waals surface area contributed by atoms with Crippen LogP contribution in [0.2, 0.25) is 5.02 Å². The highest BCUT2D eigenvalue weighted by Gasteiger charge is 2.30. The molecule has 1 aliphatic rings. The second kappa shape index (κ2) is 7.48. The van der Waals surface area contributed by atoms with Gasteiger partial charge in [0.05, 0.1) is 10.8 Å². The van der Waals surface area contributed by atoms with Gasteiger partial charge in [-0.2, -0.15) is 0 Å². The van der Waals surface area contributed by atoms with E-state index in [4.69, 9.17) is 16.0 Å². The first-order chi connectivity index (χ1) is 14.1. The first kappa shape index (κ1) is 18.7. The lowest BCUT2D eigenvalue weighted by atomic mass is 10.1. The number of halogens is 1. The molecule has 0 unspecified atom stereocenters. The minimum atomic E-state index is 0.0343. The highest BCUT2D eigenvalue weighted by Crippen LogP contribution is 2.42. The maximum atomic E-state index is 12.8. The molecule has 146 valence electrons. The van der Waals surface area contributed by atoms with Gasteiger partial charge >= 0.3 is 0 Å². The summed E-state index contributed by atoms with van der Waals surface area (Å²) in [6, 6.07) is 16.1. The number of anilines is 1. The molecular weight excluding hydrogens is 426 g/mol. The van der Waals surface area contributed by atoms with Crippen molar-refractivity contribution in [2.45, 2.75) is 24.6 Å². The van der Waals surface area contributed by atoms with Gasteiger partial charge < -0.3 is 9.32 Å². The maximum Gasteiger partial charge on any atom is 0.277 e. The summed E-state index contributed by atoms with van der Waals surface area (Å²) in [5, 5.41) is 10.2. The number of fused-ring (bicyclic) bond motifs is 2. The Kier molecular flexibility index (Phi) is 4.81. The van der Waals surface area contributed by atoms with E-state index in [1.54, 1.807) is 0 Å². The quantitative estimate of drug-likeness (QED) is 0.381. The average molecular weight is 442 g/mol. The number of thiophene rings is 1. The first-order valence-electron chi connectivity index (χ1n) is 9.15. The number of amides is 1. The Labute approximate surface area is 180 Å². The second-order valence-corrected chi connectivity index (χ2v) is 9.21. The van der Waals surface area contributed by atoms with E-state index in [9.17, 15) is 4.79 Å². The molecule has 0 radical (unpaired) electrons. The number of nitrogens with zero attached hydrogens (tertiary/aromatic N) is 3. The standard InChI is InChI=1S/C21H16ClN3O2S2/c1-12-10-13-6-2-4-8-15(13)25(12)17(26)11-28-21-24-23-20(27-21)19-18(22)14-7-3-5-9-16(14)29-19/h2-9,12H,10-11H2,1H3/t12-/m0/s1. The Bertz CT molecular complexity index is 1220. The summed E-state index contributed by atoms with van der Waals surface area (Å²) in [6.45, 7) is 2.07. The van der Waals surface area contributed by atoms with E-state index in [0.29, 0.717) is 16.1 Å². The molecule has 5 nitrogen and oxygen atoms in total. The molecule has 5 rings (SSSR count). The number of thioether (sulfide) groups is 1. The van der Waals surface area contributed by atoms with Crippen LogP contribution in [0.4, 0.5) is 5.69 Å². The molecule has 1 amide bonds. The molecule has 1 aliphatic heterocycles. The van der Waals surface area contributed by atoms with E-state index in [2.05, 4.69) is 23.2 Å². The Morgan fingerprint density at radius 2 is 2.03 bits per heavy atom. The van der Waals surface area contributed by atoms with Crippen molar-refractivity contribution in [3.8, 4) is 10.8 Å². The van der Waals surface area contributed by atoms with E-state index in [1.165, 1.54) is 28.7 Å². The number of para-hydroxylation sites is 1. The van der Waals surface area contributed by atoms with E-state index in [1.807, 2.05) is 47.4 Å². The normalized spacial score (nSPS) is 15.8. The summed E-state index contributed by atoms with van der Waals surface area (Å²) in [4.78, 5) is 15.5. The molecule has 1 atom stereocenters. The molecule has 0 N–H and O–H groups in total. The fourth-order valence-corrected chi connectivity index (χ4v) is 5.71. The Morgan fingerprint density at radius 1 is 1.24 bits per heavy atom. The summed E-state index contributed by atoms with van der Waals surface area (Å²) >= 11 is 9.26. The van der Waals surface area contributed by atoms with Gasteiger partial charge in [0, 0.05) is 21.8 Å². The molecule has 0 bridgehead atoms. The maximum absolute atomic E-state index is 12.8. The van der Waals surface area contributed by atoms with Crippen LogP contribution in [0.5, 0.6) is 0 Å². The fourth-order valence-electron chi connectivity index (χ4n) is 3.65. The molecule has 2 aromatic carbocycles. The number of rotatable bonds is 4. The summed E-state index contributed by atoms with van der Waals surface area (Å²) < 4.78 is 6.85. The van der Waals surface area contributed by atoms with E-state index in [-0.39, 0.29) is 17.7 Å². The highest BCUT2D eigenvalue weighted by molar-refractivity contribution is 7.99. The predicted molar refractivity (Wildman–Crippen MR) is 118 cm³/mol. The van der Waals surface area contributed by atoms with Crippen molar-refractivity contribution in [3.63, 3.8) is 0 Å². The Balaban J connectivity index is 1.32. The van der Waals surface area contributed by atoms with Crippen LogP contribution in [0.25, 0.3) is 20.9 Å². The number of carbonyl (C=O) groups excluding carboxylic acids is 1. The molecule has 29 heavy (non-hydrogen) atoms. The lowest BCUT2D eigenvalue weighted by molar-refractivity contribution is -0.116. The SMILES string of the molecule is C[C@H]1Cc2ccccc2N1C(=O)CSc1nnc(-c2sc3ccccc3c2Cl)o1. The summed E-state index contributed by atoms with van der Waals surface area (Å²) in [5.41, 5.74) is 2.20. The summed E-state index contributed by atoms with van der Waals surface area (Å²) in [5.74, 6) is 0.651. The molecule has 0 saturated carbocycles. The van der Waals surface area contributed by atoms with Crippen molar-refractivity contribution in [3.05, 3.63) is 59.1 Å². The van der Waals surface area contributed by atoms with Crippen LogP contribution in [-0.4, -0.2) is 27.9 Å². The predicted octanol–water partition coefficient (Wildman–Crippen LogP) is 5.67. The third kappa shape index (κ3) is 3.33. The van der Waals surface area contributed by atoms with Crippen molar-refractivity contribution >= 4 is 56.4 Å². The fraction of sp³-hybridized carbons (Fsp3) is 0.190. The monoisotopic (exact) mass is 441 g/mol. The van der Waals surface area contributed by atoms with Crippen molar-refractivity contribution < 1.29 is 9.21 Å². The molecule has 0 aliphatic carbocycles. The van der Waals surface area contributed by atoms with Crippen LogP contribution >= 0.6 is 34.7 Å². The molecular formula is C21H16ClN3O2S2. The van der Waals surface area contributed by atoms with Crippen molar-refractivity contribution in [1.82, 2.24) is 10.2 Å². The van der Waals surface area contributed by atoms with E-state index < -0.39 is 0 Å². The lowest BCUT2D eigenvalue weighted by Gasteiger charge is -2.22. The minimum Gasteiger partial charge on any atom is -0.410 e. The van der Waals surface area contributed by atoms with Crippen LogP contribution in [0, 0.1) is 0 Å². The smallest absolute Gasteiger partial charge is 0.277 e. The number of hydrogen-bond donors (Lipinski definition) is 0. The minimum absolute atomic E-state index is 0.0343. The third-order valence-corrected chi connectivity index (χ3v) is 7.40. The number of hydrogen-bond acceptors (Lipinski definition) is 6. The largest absolute Gasteiger partial charge is 0.410 e. The van der Waals surface area contributed by atoms with E-state index in [0.717, 1.165) is 27.1 Å². The molecule has 3 heterocycles. The summed E-state index contributed by atoms with van der Waals surface area (Å²) in [6.07, 6.45) is 0.877. The van der Waals surface area contributed by atoms with Gasteiger partial charge in [-0.15, -0.1) is 21.5 Å². The Morgan fingerprint density at radius 3 is 2.90 bits per heavy atom. The van der Waals surface area contributed by atoms with E-state index >= 15 is 0 Å². The van der Waals surface area contributed by atoms with Gasteiger partial charge in [0.15, 0.2) is 0 Å². The summed E-state index contributed by atoms with van der Waals surface area (Å²) in [7, 11) is 0. The Hall–Kier alpha value is -2.35. The zero-order chi connectivity index (χ0) is 20.0. The topological polar surface area (TPSA) is 59.2 Å². The second-order valence-electron chi connectivity index (χ2n) is 6.85. The molecule has 2 aromatic heterocycles. The highest BCUT2D eigenvalue weighted by atomic mass is 35.5. The molecule has 0 saturated heterocycles. The number of carbonyl (C=O) groups is 1. The molecule has 0 fully saturated rings. The first-order valence-corrected chi connectivity index (χ1v) is 11.3. The van der Waals surface area contributed by atoms with Gasteiger partial charge in [-0.1, -0.05) is 59.8 Å². The zero-order valence-corrected chi connectivity index (χ0v) is 17.9. The van der Waals surface area contributed by atoms with Gasteiger partial charge in [-0.25, -0.2) is 0 Å².